The average Bonchev–Trinajstić information content (AvgIpc) is 3.24. The molecule has 4 rings (SSSR count). The Labute approximate surface area is 196 Å². The minimum atomic E-state index is -4.70. The van der Waals surface area contributed by atoms with E-state index in [9.17, 15) is 21.6 Å². The number of rotatable bonds is 7. The third-order valence-corrected chi connectivity index (χ3v) is 6.75. The van der Waals surface area contributed by atoms with E-state index >= 15 is 0 Å². The van der Waals surface area contributed by atoms with Crippen molar-refractivity contribution in [2.45, 2.75) is 12.7 Å². The molecule has 0 fully saturated rings. The highest BCUT2D eigenvalue weighted by Crippen LogP contribution is 2.35. The van der Waals surface area contributed by atoms with Crippen LogP contribution in [0.3, 0.4) is 0 Å². The predicted molar refractivity (Wildman–Crippen MR) is 125 cm³/mol. The summed E-state index contributed by atoms with van der Waals surface area (Å²) in [5.41, 5.74) is 2.40. The van der Waals surface area contributed by atoms with Crippen LogP contribution in [0.2, 0.25) is 0 Å². The minimum Gasteiger partial charge on any atom is -0.365 e. The van der Waals surface area contributed by atoms with Crippen molar-refractivity contribution in [3.63, 3.8) is 0 Å². The van der Waals surface area contributed by atoms with Gasteiger partial charge in [0.25, 0.3) is 0 Å². The van der Waals surface area contributed by atoms with E-state index in [-0.39, 0.29) is 18.3 Å². The summed E-state index contributed by atoms with van der Waals surface area (Å²) in [5, 5.41) is 5.56. The van der Waals surface area contributed by atoms with Crippen molar-refractivity contribution in [3.05, 3.63) is 59.4 Å². The van der Waals surface area contributed by atoms with Crippen LogP contribution in [0, 0.1) is 0 Å². The molecule has 0 atom stereocenters. The fourth-order valence-corrected chi connectivity index (χ4v) is 4.23. The summed E-state index contributed by atoms with van der Waals surface area (Å²) >= 11 is 1.43. The van der Waals surface area contributed by atoms with Crippen LogP contribution in [-0.2, 0) is 22.7 Å². The zero-order valence-corrected chi connectivity index (χ0v) is 19.5. The molecule has 3 heterocycles. The fourth-order valence-electron chi connectivity index (χ4n) is 3.03. The molecule has 0 amide bonds. The summed E-state index contributed by atoms with van der Waals surface area (Å²) in [6, 6.07) is 8.42. The molecule has 178 valence electrons. The van der Waals surface area contributed by atoms with Gasteiger partial charge in [0, 0.05) is 37.2 Å². The number of benzene rings is 1. The van der Waals surface area contributed by atoms with Gasteiger partial charge in [-0.1, -0.05) is 6.07 Å². The zero-order valence-electron chi connectivity index (χ0n) is 17.8. The van der Waals surface area contributed by atoms with Crippen molar-refractivity contribution in [2.75, 3.05) is 28.2 Å². The number of halogens is 3. The van der Waals surface area contributed by atoms with E-state index in [0.717, 1.165) is 20.8 Å². The standard InChI is InChI=1S/C20H18F3N7O2S2/c1-30(34(2,31)32)18-12(4-3-7-24-18)9-25-17-14(20(21,22)23)10-26-19(29-17)28-13-5-6-15-16(8-13)33-11-27-15/h3-8,10-11H,9H2,1-2H3,(H2,25,26,28,29). The molecule has 1 aromatic carbocycles. The summed E-state index contributed by atoms with van der Waals surface area (Å²) < 4.78 is 66.4. The van der Waals surface area contributed by atoms with Gasteiger partial charge in [-0.05, 0) is 24.3 Å². The van der Waals surface area contributed by atoms with E-state index in [1.807, 2.05) is 0 Å². The third-order valence-electron chi connectivity index (χ3n) is 4.79. The lowest BCUT2D eigenvalue weighted by Gasteiger charge is -2.20. The van der Waals surface area contributed by atoms with Gasteiger partial charge in [-0.15, -0.1) is 11.3 Å². The van der Waals surface area contributed by atoms with Crippen molar-refractivity contribution in [2.24, 2.45) is 0 Å². The number of anilines is 4. The van der Waals surface area contributed by atoms with E-state index in [0.29, 0.717) is 17.4 Å². The number of alkyl halides is 3. The van der Waals surface area contributed by atoms with Crippen LogP contribution in [0.15, 0.2) is 48.2 Å². The van der Waals surface area contributed by atoms with Gasteiger partial charge in [-0.3, -0.25) is 4.31 Å². The number of aromatic nitrogens is 4. The second-order valence-electron chi connectivity index (χ2n) is 7.18. The smallest absolute Gasteiger partial charge is 0.365 e. The Morgan fingerprint density at radius 2 is 1.94 bits per heavy atom. The maximum absolute atomic E-state index is 13.6. The van der Waals surface area contributed by atoms with Crippen LogP contribution in [0.5, 0.6) is 0 Å². The Hall–Kier alpha value is -3.52. The van der Waals surface area contributed by atoms with Gasteiger partial charge in [0.1, 0.15) is 17.2 Å². The summed E-state index contributed by atoms with van der Waals surface area (Å²) in [5.74, 6) is -0.406. The van der Waals surface area contributed by atoms with Crippen molar-refractivity contribution in [1.82, 2.24) is 19.9 Å². The Kier molecular flexibility index (Phi) is 6.27. The molecule has 0 saturated carbocycles. The molecular formula is C20H18F3N7O2S2. The maximum Gasteiger partial charge on any atom is 0.421 e. The third kappa shape index (κ3) is 5.17. The van der Waals surface area contributed by atoms with Gasteiger partial charge >= 0.3 is 6.18 Å². The van der Waals surface area contributed by atoms with Crippen molar-refractivity contribution in [3.8, 4) is 0 Å². The summed E-state index contributed by atoms with van der Waals surface area (Å²) in [6.45, 7) is -0.157. The van der Waals surface area contributed by atoms with Crippen LogP contribution in [0.4, 0.5) is 36.4 Å². The lowest BCUT2D eigenvalue weighted by molar-refractivity contribution is -0.137. The van der Waals surface area contributed by atoms with Crippen molar-refractivity contribution in [1.29, 1.82) is 0 Å². The Morgan fingerprint density at radius 3 is 2.68 bits per heavy atom. The SMILES string of the molecule is CN(c1ncccc1CNc1nc(Nc2ccc3ncsc3c2)ncc1C(F)(F)F)S(C)(=O)=O. The summed E-state index contributed by atoms with van der Waals surface area (Å²) in [6.07, 6.45) is -1.61. The molecule has 0 saturated heterocycles. The first-order valence-electron chi connectivity index (χ1n) is 9.68. The van der Waals surface area contributed by atoms with Gasteiger partial charge < -0.3 is 10.6 Å². The summed E-state index contributed by atoms with van der Waals surface area (Å²) in [4.78, 5) is 16.1. The number of sulfonamides is 1. The second kappa shape index (κ2) is 9.02. The highest BCUT2D eigenvalue weighted by atomic mass is 32.2. The van der Waals surface area contributed by atoms with Crippen LogP contribution >= 0.6 is 11.3 Å². The normalized spacial score (nSPS) is 12.0. The second-order valence-corrected chi connectivity index (χ2v) is 10.1. The number of fused-ring (bicyclic) bond motifs is 1. The molecule has 0 unspecified atom stereocenters. The van der Waals surface area contributed by atoms with Gasteiger partial charge in [0.15, 0.2) is 0 Å². The van der Waals surface area contributed by atoms with E-state index in [4.69, 9.17) is 0 Å². The fraction of sp³-hybridized carbons (Fsp3) is 0.200. The van der Waals surface area contributed by atoms with Crippen LogP contribution in [0.25, 0.3) is 10.2 Å². The van der Waals surface area contributed by atoms with Gasteiger partial charge in [-0.25, -0.2) is 23.4 Å². The molecule has 0 radical (unpaired) electrons. The largest absolute Gasteiger partial charge is 0.421 e. The average molecular weight is 510 g/mol. The monoisotopic (exact) mass is 509 g/mol. The quantitative estimate of drug-likeness (QED) is 0.380. The lowest BCUT2D eigenvalue weighted by Crippen LogP contribution is -2.27. The van der Waals surface area contributed by atoms with Crippen molar-refractivity contribution < 1.29 is 21.6 Å². The number of hydrogen-bond donors (Lipinski definition) is 2. The zero-order chi connectivity index (χ0) is 24.5. The Morgan fingerprint density at radius 1 is 1.15 bits per heavy atom. The molecule has 0 aliphatic rings. The molecule has 34 heavy (non-hydrogen) atoms. The van der Waals surface area contributed by atoms with E-state index in [2.05, 4.69) is 30.6 Å². The molecule has 0 bridgehead atoms. The van der Waals surface area contributed by atoms with E-state index < -0.39 is 27.6 Å². The lowest BCUT2D eigenvalue weighted by atomic mass is 10.2. The topological polar surface area (TPSA) is 113 Å². The highest BCUT2D eigenvalue weighted by molar-refractivity contribution is 7.92. The molecule has 0 aliphatic heterocycles. The first kappa shape index (κ1) is 23.6. The van der Waals surface area contributed by atoms with Gasteiger partial charge in [0.05, 0.1) is 22.0 Å². The molecule has 3 aromatic heterocycles. The predicted octanol–water partition coefficient (Wildman–Crippen LogP) is 4.25. The first-order valence-corrected chi connectivity index (χ1v) is 12.4. The highest BCUT2D eigenvalue weighted by Gasteiger charge is 2.35. The van der Waals surface area contributed by atoms with Gasteiger partial charge in [-0.2, -0.15) is 18.2 Å². The van der Waals surface area contributed by atoms with Gasteiger partial charge in [0.2, 0.25) is 16.0 Å². The molecule has 4 aromatic rings. The molecule has 14 heteroatoms. The van der Waals surface area contributed by atoms with Crippen LogP contribution in [0.1, 0.15) is 11.1 Å². The number of hydrogen-bond acceptors (Lipinski definition) is 9. The van der Waals surface area contributed by atoms with Crippen LogP contribution < -0.4 is 14.9 Å². The number of nitrogens with zero attached hydrogens (tertiary/aromatic N) is 5. The molecule has 0 aliphatic carbocycles. The van der Waals surface area contributed by atoms with E-state index in [1.54, 1.807) is 35.8 Å². The first-order chi connectivity index (χ1) is 16.0. The Balaban J connectivity index is 1.63. The molecule has 2 N–H and O–H groups in total. The maximum atomic E-state index is 13.6. The number of pyridine rings is 1. The molecule has 9 nitrogen and oxygen atoms in total. The van der Waals surface area contributed by atoms with Crippen LogP contribution in [-0.4, -0.2) is 41.7 Å². The number of nitrogens with one attached hydrogen (secondary N) is 2. The Bertz CT molecular complexity index is 1440. The molecule has 0 spiro atoms. The summed E-state index contributed by atoms with van der Waals surface area (Å²) in [7, 11) is -2.31. The minimum absolute atomic E-state index is 0.0426. The van der Waals surface area contributed by atoms with Crippen molar-refractivity contribution >= 4 is 54.8 Å². The number of thiazole rings is 1. The van der Waals surface area contributed by atoms with E-state index in [1.165, 1.54) is 24.6 Å². The molecular weight excluding hydrogens is 491 g/mol.